The van der Waals surface area contributed by atoms with E-state index in [9.17, 15) is 5.11 Å². The Kier molecular flexibility index (Phi) is 4.23. The molecule has 0 aromatic rings. The predicted octanol–water partition coefficient (Wildman–Crippen LogP) is 2.38. The lowest BCUT2D eigenvalue weighted by molar-refractivity contribution is 0.0607. The van der Waals surface area contributed by atoms with Crippen molar-refractivity contribution in [2.24, 2.45) is 5.92 Å². The molecule has 1 aliphatic carbocycles. The third-order valence-corrected chi connectivity index (χ3v) is 3.81. The maximum atomic E-state index is 9.76. The average Bonchev–Trinajstić information content (AvgIpc) is 2.21. The lowest BCUT2D eigenvalue weighted by Crippen LogP contribution is -2.46. The Morgan fingerprint density at radius 1 is 1.53 bits per heavy atom. The number of likely N-dealkylation sites (N-methyl/N-ethyl adjacent to an activating group) is 1. The van der Waals surface area contributed by atoms with Crippen molar-refractivity contribution in [3.63, 3.8) is 0 Å². The lowest BCUT2D eigenvalue weighted by Gasteiger charge is -2.41. The normalized spacial score (nSPS) is 36.0. The standard InChI is InChI=1S/C12H20ClNO/c1-5-9(3)14(4)11-7-12(15)10(13)6-8(11)2/h5,8,10-12,15H,1,3,6-7H2,2,4H3. The first-order chi connectivity index (χ1) is 6.97. The molecule has 0 saturated heterocycles. The number of halogens is 1. The molecule has 2 nitrogen and oxygen atoms in total. The molecule has 1 saturated carbocycles. The van der Waals surface area contributed by atoms with Gasteiger partial charge in [0.15, 0.2) is 0 Å². The summed E-state index contributed by atoms with van der Waals surface area (Å²) >= 11 is 6.03. The Hall–Kier alpha value is -0.470. The van der Waals surface area contributed by atoms with Crippen LogP contribution in [-0.4, -0.2) is 34.6 Å². The molecule has 0 radical (unpaired) electrons. The van der Waals surface area contributed by atoms with Gasteiger partial charge in [0.25, 0.3) is 0 Å². The molecule has 1 rings (SSSR count). The largest absolute Gasteiger partial charge is 0.392 e. The zero-order chi connectivity index (χ0) is 11.6. The van der Waals surface area contributed by atoms with Crippen LogP contribution in [0.1, 0.15) is 19.8 Å². The SMILES string of the molecule is C=CC(=C)N(C)C1CC(O)C(Cl)CC1C. The quantitative estimate of drug-likeness (QED) is 0.594. The van der Waals surface area contributed by atoms with Gasteiger partial charge in [0.1, 0.15) is 0 Å². The van der Waals surface area contributed by atoms with E-state index in [2.05, 4.69) is 25.0 Å². The van der Waals surface area contributed by atoms with Crippen molar-refractivity contribution in [3.05, 3.63) is 24.9 Å². The minimum Gasteiger partial charge on any atom is -0.392 e. The molecule has 4 unspecified atom stereocenters. The van der Waals surface area contributed by atoms with E-state index in [-0.39, 0.29) is 5.38 Å². The first kappa shape index (κ1) is 12.6. The van der Waals surface area contributed by atoms with Crippen LogP contribution in [0.4, 0.5) is 0 Å². The fourth-order valence-corrected chi connectivity index (χ4v) is 2.58. The van der Waals surface area contributed by atoms with Gasteiger partial charge in [-0.05, 0) is 24.8 Å². The Bertz CT molecular complexity index is 254. The highest BCUT2D eigenvalue weighted by molar-refractivity contribution is 6.21. The van der Waals surface area contributed by atoms with Gasteiger partial charge in [-0.15, -0.1) is 11.6 Å². The van der Waals surface area contributed by atoms with Crippen LogP contribution in [0.15, 0.2) is 24.9 Å². The van der Waals surface area contributed by atoms with E-state index in [1.165, 1.54) is 0 Å². The summed E-state index contributed by atoms with van der Waals surface area (Å²) in [6, 6.07) is 0.306. The molecule has 0 aromatic carbocycles. The molecule has 0 bridgehead atoms. The Morgan fingerprint density at radius 3 is 2.67 bits per heavy atom. The van der Waals surface area contributed by atoms with Gasteiger partial charge in [-0.1, -0.05) is 20.1 Å². The molecule has 86 valence electrons. The second-order valence-corrected chi connectivity index (χ2v) is 4.97. The first-order valence-electron chi connectivity index (χ1n) is 5.33. The second kappa shape index (κ2) is 5.04. The summed E-state index contributed by atoms with van der Waals surface area (Å²) in [6.45, 7) is 9.79. The highest BCUT2D eigenvalue weighted by atomic mass is 35.5. The molecule has 0 aliphatic heterocycles. The smallest absolute Gasteiger partial charge is 0.0723 e. The summed E-state index contributed by atoms with van der Waals surface area (Å²) in [6.07, 6.45) is 2.89. The van der Waals surface area contributed by atoms with Crippen LogP contribution in [0.3, 0.4) is 0 Å². The zero-order valence-electron chi connectivity index (χ0n) is 9.49. The number of nitrogens with zero attached hydrogens (tertiary/aromatic N) is 1. The molecule has 0 heterocycles. The van der Waals surface area contributed by atoms with E-state index >= 15 is 0 Å². The molecule has 15 heavy (non-hydrogen) atoms. The van der Waals surface area contributed by atoms with Crippen LogP contribution in [0.25, 0.3) is 0 Å². The van der Waals surface area contributed by atoms with E-state index in [1.54, 1.807) is 6.08 Å². The van der Waals surface area contributed by atoms with Crippen LogP contribution in [0.5, 0.6) is 0 Å². The Balaban J connectivity index is 2.69. The van der Waals surface area contributed by atoms with Crippen molar-refractivity contribution in [1.29, 1.82) is 0 Å². The molecule has 1 N–H and O–H groups in total. The van der Waals surface area contributed by atoms with E-state index in [0.29, 0.717) is 18.4 Å². The third kappa shape index (κ3) is 2.76. The molecule has 3 heteroatoms. The Morgan fingerprint density at radius 2 is 2.13 bits per heavy atom. The first-order valence-corrected chi connectivity index (χ1v) is 5.77. The van der Waals surface area contributed by atoms with Crippen LogP contribution < -0.4 is 0 Å². The number of aliphatic hydroxyl groups is 1. The molecule has 4 atom stereocenters. The highest BCUT2D eigenvalue weighted by Crippen LogP contribution is 2.32. The number of aliphatic hydroxyl groups excluding tert-OH is 1. The summed E-state index contributed by atoms with van der Waals surface area (Å²) in [5, 5.41) is 9.65. The van der Waals surface area contributed by atoms with Gasteiger partial charge in [0.05, 0.1) is 11.5 Å². The third-order valence-electron chi connectivity index (χ3n) is 3.34. The number of hydrogen-bond acceptors (Lipinski definition) is 2. The molecule has 0 aromatic heterocycles. The van der Waals surface area contributed by atoms with Crippen LogP contribution in [-0.2, 0) is 0 Å². The van der Waals surface area contributed by atoms with E-state index in [4.69, 9.17) is 11.6 Å². The number of rotatable bonds is 3. The van der Waals surface area contributed by atoms with Crippen molar-refractivity contribution in [2.75, 3.05) is 7.05 Å². The van der Waals surface area contributed by atoms with Gasteiger partial charge < -0.3 is 10.0 Å². The second-order valence-electron chi connectivity index (χ2n) is 4.41. The topological polar surface area (TPSA) is 23.5 Å². The van der Waals surface area contributed by atoms with Gasteiger partial charge in [-0.3, -0.25) is 0 Å². The molecule has 0 amide bonds. The maximum Gasteiger partial charge on any atom is 0.0723 e. The number of allylic oxidation sites excluding steroid dienone is 1. The van der Waals surface area contributed by atoms with Crippen molar-refractivity contribution in [1.82, 2.24) is 4.90 Å². The van der Waals surface area contributed by atoms with Crippen molar-refractivity contribution >= 4 is 11.6 Å². The van der Waals surface area contributed by atoms with Crippen LogP contribution >= 0.6 is 11.6 Å². The summed E-state index contributed by atoms with van der Waals surface area (Å²) < 4.78 is 0. The van der Waals surface area contributed by atoms with Gasteiger partial charge in [-0.2, -0.15) is 0 Å². The zero-order valence-corrected chi connectivity index (χ0v) is 10.2. The van der Waals surface area contributed by atoms with E-state index in [0.717, 1.165) is 12.1 Å². The number of hydrogen-bond donors (Lipinski definition) is 1. The van der Waals surface area contributed by atoms with Crippen molar-refractivity contribution in [2.45, 2.75) is 37.3 Å². The summed E-state index contributed by atoms with van der Waals surface area (Å²) in [5.74, 6) is 0.470. The van der Waals surface area contributed by atoms with Gasteiger partial charge in [-0.25, -0.2) is 0 Å². The van der Waals surface area contributed by atoms with Gasteiger partial charge >= 0.3 is 0 Å². The minimum absolute atomic E-state index is 0.110. The van der Waals surface area contributed by atoms with E-state index in [1.807, 2.05) is 7.05 Å². The molecule has 0 spiro atoms. The lowest BCUT2D eigenvalue weighted by atomic mass is 9.83. The summed E-state index contributed by atoms with van der Waals surface area (Å²) in [4.78, 5) is 2.09. The molecule has 1 fully saturated rings. The molecular weight excluding hydrogens is 210 g/mol. The average molecular weight is 230 g/mol. The highest BCUT2D eigenvalue weighted by Gasteiger charge is 2.34. The van der Waals surface area contributed by atoms with Gasteiger partial charge in [0, 0.05) is 18.8 Å². The minimum atomic E-state index is -0.409. The van der Waals surface area contributed by atoms with Gasteiger partial charge in [0.2, 0.25) is 0 Å². The fourth-order valence-electron chi connectivity index (χ4n) is 2.19. The Labute approximate surface area is 97.2 Å². The fraction of sp³-hybridized carbons (Fsp3) is 0.667. The van der Waals surface area contributed by atoms with Crippen molar-refractivity contribution < 1.29 is 5.11 Å². The van der Waals surface area contributed by atoms with Crippen LogP contribution in [0.2, 0.25) is 0 Å². The maximum absolute atomic E-state index is 9.76. The molecule has 1 aliphatic rings. The van der Waals surface area contributed by atoms with E-state index < -0.39 is 6.10 Å². The summed E-state index contributed by atoms with van der Waals surface area (Å²) in [5.41, 5.74) is 0.895. The number of alkyl halides is 1. The molecular formula is C12H20ClNO. The monoisotopic (exact) mass is 229 g/mol. The summed E-state index contributed by atoms with van der Waals surface area (Å²) in [7, 11) is 1.99. The van der Waals surface area contributed by atoms with Crippen LogP contribution in [0, 0.1) is 5.92 Å². The predicted molar refractivity (Wildman–Crippen MR) is 64.9 cm³/mol. The van der Waals surface area contributed by atoms with Crippen molar-refractivity contribution in [3.8, 4) is 0 Å².